The second-order valence-electron chi connectivity index (χ2n) is 10.9. The van der Waals surface area contributed by atoms with Gasteiger partial charge in [-0.15, -0.1) is 11.3 Å². The van der Waals surface area contributed by atoms with E-state index in [1.807, 2.05) is 30.3 Å². The Hall–Kier alpha value is -3.49. The molecule has 0 bridgehead atoms. The van der Waals surface area contributed by atoms with Gasteiger partial charge in [0.1, 0.15) is 10.7 Å². The molecular formula is C32H34F3N3OS. The van der Waals surface area contributed by atoms with Gasteiger partial charge in [0.05, 0.1) is 12.1 Å². The van der Waals surface area contributed by atoms with Crippen molar-refractivity contribution in [3.05, 3.63) is 123 Å². The van der Waals surface area contributed by atoms with Gasteiger partial charge in [-0.2, -0.15) is 13.2 Å². The fourth-order valence-corrected chi connectivity index (χ4v) is 5.19. The number of thiazole rings is 1. The van der Waals surface area contributed by atoms with Crippen molar-refractivity contribution >= 4 is 17.2 Å². The molecule has 4 rings (SSSR count). The number of aromatic nitrogens is 1. The molecular weight excluding hydrogens is 531 g/mol. The van der Waals surface area contributed by atoms with Gasteiger partial charge in [0.2, 0.25) is 0 Å². The van der Waals surface area contributed by atoms with Crippen LogP contribution in [0.1, 0.15) is 64.1 Å². The van der Waals surface area contributed by atoms with Crippen molar-refractivity contribution in [3.8, 4) is 0 Å². The number of alkyl halides is 3. The van der Waals surface area contributed by atoms with Gasteiger partial charge in [0.25, 0.3) is 5.91 Å². The van der Waals surface area contributed by atoms with Crippen molar-refractivity contribution in [2.45, 2.75) is 58.4 Å². The van der Waals surface area contributed by atoms with Crippen LogP contribution in [0.15, 0.2) is 84.2 Å². The first-order valence-electron chi connectivity index (χ1n) is 13.2. The summed E-state index contributed by atoms with van der Waals surface area (Å²) >= 11 is 1.38. The Bertz CT molecular complexity index is 1390. The van der Waals surface area contributed by atoms with Crippen LogP contribution in [0, 0.1) is 0 Å². The van der Waals surface area contributed by atoms with Crippen molar-refractivity contribution < 1.29 is 18.0 Å². The molecule has 3 aromatic carbocycles. The Labute approximate surface area is 237 Å². The molecule has 0 spiro atoms. The Morgan fingerprint density at radius 3 is 2.17 bits per heavy atom. The van der Waals surface area contributed by atoms with Crippen LogP contribution in [0.2, 0.25) is 0 Å². The van der Waals surface area contributed by atoms with Crippen LogP contribution in [-0.4, -0.2) is 22.3 Å². The number of nitrogens with zero attached hydrogens (tertiary/aromatic N) is 2. The average Bonchev–Trinajstić information content (AvgIpc) is 3.37. The van der Waals surface area contributed by atoms with Crippen LogP contribution in [0.3, 0.4) is 0 Å². The van der Waals surface area contributed by atoms with E-state index in [1.165, 1.54) is 29.0 Å². The largest absolute Gasteiger partial charge is 0.416 e. The van der Waals surface area contributed by atoms with Crippen molar-refractivity contribution in [2.75, 3.05) is 6.54 Å². The maximum absolute atomic E-state index is 13.3. The maximum atomic E-state index is 13.3. The third kappa shape index (κ3) is 8.50. The summed E-state index contributed by atoms with van der Waals surface area (Å²) < 4.78 is 40.0. The number of hydrogen-bond acceptors (Lipinski definition) is 4. The Balaban J connectivity index is 1.46. The van der Waals surface area contributed by atoms with Gasteiger partial charge in [-0.3, -0.25) is 9.69 Å². The molecule has 0 aliphatic rings. The van der Waals surface area contributed by atoms with Gasteiger partial charge in [0, 0.05) is 25.0 Å². The third-order valence-corrected chi connectivity index (χ3v) is 7.41. The minimum Gasteiger partial charge on any atom is -0.350 e. The molecule has 1 amide bonds. The van der Waals surface area contributed by atoms with E-state index in [9.17, 15) is 18.0 Å². The van der Waals surface area contributed by atoms with Crippen LogP contribution < -0.4 is 5.32 Å². The zero-order valence-electron chi connectivity index (χ0n) is 23.0. The van der Waals surface area contributed by atoms with Gasteiger partial charge < -0.3 is 5.32 Å². The van der Waals surface area contributed by atoms with Crippen molar-refractivity contribution in [1.29, 1.82) is 0 Å². The smallest absolute Gasteiger partial charge is 0.350 e. The zero-order valence-corrected chi connectivity index (χ0v) is 23.8. The van der Waals surface area contributed by atoms with Gasteiger partial charge >= 0.3 is 6.18 Å². The molecule has 40 heavy (non-hydrogen) atoms. The average molecular weight is 566 g/mol. The number of rotatable bonds is 10. The lowest BCUT2D eigenvalue weighted by atomic mass is 9.87. The van der Waals surface area contributed by atoms with E-state index in [2.05, 4.69) is 60.2 Å². The highest BCUT2D eigenvalue weighted by atomic mass is 32.1. The zero-order chi connectivity index (χ0) is 28.8. The van der Waals surface area contributed by atoms with Crippen molar-refractivity contribution in [1.82, 2.24) is 15.2 Å². The SMILES string of the molecule is CC(C)(C)c1ccc(CN(Cc2cccc(C(F)(F)F)c2)Cc2nc(C(=O)NCCc3ccccc3)cs2)cc1. The summed E-state index contributed by atoms with van der Waals surface area (Å²) in [6.45, 7) is 8.20. The summed E-state index contributed by atoms with van der Waals surface area (Å²) in [5.74, 6) is -0.236. The number of halogens is 3. The molecule has 4 nitrogen and oxygen atoms in total. The third-order valence-electron chi connectivity index (χ3n) is 6.57. The molecule has 1 aromatic heterocycles. The normalized spacial score (nSPS) is 12.1. The highest BCUT2D eigenvalue weighted by molar-refractivity contribution is 7.09. The highest BCUT2D eigenvalue weighted by Gasteiger charge is 2.30. The van der Waals surface area contributed by atoms with E-state index in [-0.39, 0.29) is 11.3 Å². The molecule has 1 heterocycles. The lowest BCUT2D eigenvalue weighted by molar-refractivity contribution is -0.137. The quantitative estimate of drug-likeness (QED) is 0.215. The van der Waals surface area contributed by atoms with Gasteiger partial charge in [-0.05, 0) is 40.2 Å². The minimum atomic E-state index is -4.40. The monoisotopic (exact) mass is 565 g/mol. The fraction of sp³-hybridized carbons (Fsp3) is 0.312. The number of benzene rings is 3. The fourth-order valence-electron chi connectivity index (χ4n) is 4.37. The Morgan fingerprint density at radius 2 is 1.50 bits per heavy atom. The topological polar surface area (TPSA) is 45.2 Å². The summed E-state index contributed by atoms with van der Waals surface area (Å²) in [5.41, 5.74) is 3.68. The van der Waals surface area contributed by atoms with E-state index in [0.717, 1.165) is 28.6 Å². The van der Waals surface area contributed by atoms with Gasteiger partial charge in [-0.25, -0.2) is 4.98 Å². The summed E-state index contributed by atoms with van der Waals surface area (Å²) in [7, 11) is 0. The Kier molecular flexibility index (Phi) is 9.43. The molecule has 0 atom stereocenters. The first-order chi connectivity index (χ1) is 19.0. The Morgan fingerprint density at radius 1 is 0.825 bits per heavy atom. The van der Waals surface area contributed by atoms with Crippen LogP contribution in [0.5, 0.6) is 0 Å². The molecule has 4 aromatic rings. The van der Waals surface area contributed by atoms with Crippen LogP contribution >= 0.6 is 11.3 Å². The number of hydrogen-bond donors (Lipinski definition) is 1. The molecule has 0 aliphatic heterocycles. The second kappa shape index (κ2) is 12.8. The number of carbonyl (C=O) groups is 1. The van der Waals surface area contributed by atoms with E-state index < -0.39 is 11.7 Å². The molecule has 0 radical (unpaired) electrons. The molecule has 0 unspecified atom stereocenters. The van der Waals surface area contributed by atoms with E-state index in [1.54, 1.807) is 11.4 Å². The lowest BCUT2D eigenvalue weighted by Crippen LogP contribution is -2.26. The van der Waals surface area contributed by atoms with E-state index in [4.69, 9.17) is 0 Å². The minimum absolute atomic E-state index is 0.0230. The molecule has 0 fully saturated rings. The maximum Gasteiger partial charge on any atom is 0.416 e. The molecule has 8 heteroatoms. The highest BCUT2D eigenvalue weighted by Crippen LogP contribution is 2.30. The van der Waals surface area contributed by atoms with Crippen LogP contribution in [0.4, 0.5) is 13.2 Å². The molecule has 210 valence electrons. The van der Waals surface area contributed by atoms with Crippen molar-refractivity contribution in [2.24, 2.45) is 0 Å². The first kappa shape index (κ1) is 29.5. The van der Waals surface area contributed by atoms with Gasteiger partial charge in [-0.1, -0.05) is 93.6 Å². The van der Waals surface area contributed by atoms with Crippen LogP contribution in [0.25, 0.3) is 0 Å². The summed E-state index contributed by atoms with van der Waals surface area (Å²) in [6, 6.07) is 23.7. The molecule has 0 saturated heterocycles. The van der Waals surface area contributed by atoms with Crippen molar-refractivity contribution in [3.63, 3.8) is 0 Å². The summed E-state index contributed by atoms with van der Waals surface area (Å²) in [6.07, 6.45) is -3.68. The summed E-state index contributed by atoms with van der Waals surface area (Å²) in [4.78, 5) is 19.3. The number of nitrogens with one attached hydrogen (secondary N) is 1. The lowest BCUT2D eigenvalue weighted by Gasteiger charge is -2.23. The number of amides is 1. The van der Waals surface area contributed by atoms with Gasteiger partial charge in [0.15, 0.2) is 0 Å². The predicted octanol–water partition coefficient (Wildman–Crippen LogP) is 7.63. The number of carbonyl (C=O) groups excluding carboxylic acids is 1. The van der Waals surface area contributed by atoms with Crippen LogP contribution in [-0.2, 0) is 37.6 Å². The summed E-state index contributed by atoms with van der Waals surface area (Å²) in [5, 5.41) is 5.37. The second-order valence-corrected chi connectivity index (χ2v) is 11.9. The molecule has 0 saturated carbocycles. The predicted molar refractivity (Wildman–Crippen MR) is 154 cm³/mol. The van der Waals surface area contributed by atoms with E-state index >= 15 is 0 Å². The molecule has 1 N–H and O–H groups in total. The van der Waals surface area contributed by atoms with E-state index in [0.29, 0.717) is 37.4 Å². The standard InChI is InChI=1S/C32H34F3N3OS/c1-31(2,3)26-14-12-24(13-15-26)19-38(20-25-10-7-11-27(18-25)32(33,34)35)21-29-37-28(22-40-29)30(39)36-17-16-23-8-5-4-6-9-23/h4-15,18,22H,16-17,19-21H2,1-3H3,(H,36,39). The first-order valence-corrected chi connectivity index (χ1v) is 14.1. The molecule has 0 aliphatic carbocycles.